The molecule has 0 aromatic carbocycles. The van der Waals surface area contributed by atoms with Crippen LogP contribution in [0.15, 0.2) is 30.6 Å². The Morgan fingerprint density at radius 3 is 2.73 bits per heavy atom. The van der Waals surface area contributed by atoms with Crippen LogP contribution in [0.25, 0.3) is 5.52 Å². The summed E-state index contributed by atoms with van der Waals surface area (Å²) in [7, 11) is 0. The van der Waals surface area contributed by atoms with Crippen molar-refractivity contribution in [3.63, 3.8) is 0 Å². The number of amides is 1. The molecule has 2 N–H and O–H groups in total. The van der Waals surface area contributed by atoms with Crippen LogP contribution in [0.2, 0.25) is 0 Å². The molecule has 1 amide bonds. The molecule has 0 spiro atoms. The number of carboxylic acids is 1. The Kier molecular flexibility index (Phi) is 4.49. The number of rotatable bonds is 5. The van der Waals surface area contributed by atoms with Crippen LogP contribution in [0, 0.1) is 5.41 Å². The fourth-order valence-corrected chi connectivity index (χ4v) is 2.18. The molecule has 2 heterocycles. The molecule has 0 aliphatic rings. The maximum atomic E-state index is 12.3. The van der Waals surface area contributed by atoms with Gasteiger partial charge in [-0.15, -0.1) is 0 Å². The van der Waals surface area contributed by atoms with Gasteiger partial charge in [0, 0.05) is 6.20 Å². The Balaban J connectivity index is 2.13. The Morgan fingerprint density at radius 2 is 2.09 bits per heavy atom. The van der Waals surface area contributed by atoms with E-state index in [-0.39, 0.29) is 5.41 Å². The van der Waals surface area contributed by atoms with E-state index in [1.165, 1.54) is 6.20 Å². The highest BCUT2D eigenvalue weighted by Gasteiger charge is 2.24. The molecule has 1 unspecified atom stereocenters. The number of carboxylic acid groups (broad SMARTS) is 1. The van der Waals surface area contributed by atoms with Gasteiger partial charge in [0.1, 0.15) is 6.04 Å². The summed E-state index contributed by atoms with van der Waals surface area (Å²) in [5.41, 5.74) is 1.05. The smallest absolute Gasteiger partial charge is 0.326 e. The average Bonchev–Trinajstić information content (AvgIpc) is 2.85. The van der Waals surface area contributed by atoms with Gasteiger partial charge in [-0.05, 0) is 30.4 Å². The third-order valence-corrected chi connectivity index (χ3v) is 3.46. The summed E-state index contributed by atoms with van der Waals surface area (Å²) in [4.78, 5) is 23.7. The predicted molar refractivity (Wildman–Crippen MR) is 82.8 cm³/mol. The normalized spacial score (nSPS) is 13.0. The largest absolute Gasteiger partial charge is 0.480 e. The van der Waals surface area contributed by atoms with Crippen LogP contribution in [0.5, 0.6) is 0 Å². The minimum absolute atomic E-state index is 0.0167. The Labute approximate surface area is 129 Å². The van der Waals surface area contributed by atoms with Crippen molar-refractivity contribution in [3.8, 4) is 0 Å². The van der Waals surface area contributed by atoms with Crippen molar-refractivity contribution in [2.45, 2.75) is 39.7 Å². The number of pyridine rings is 1. The van der Waals surface area contributed by atoms with E-state index in [0.29, 0.717) is 23.9 Å². The molecular weight excluding hydrogens is 282 g/mol. The third-order valence-electron chi connectivity index (χ3n) is 3.46. The Morgan fingerprint density at radius 1 is 1.36 bits per heavy atom. The van der Waals surface area contributed by atoms with E-state index in [9.17, 15) is 14.7 Å². The molecule has 118 valence electrons. The van der Waals surface area contributed by atoms with E-state index in [4.69, 9.17) is 0 Å². The lowest BCUT2D eigenvalue weighted by molar-refractivity contribution is -0.139. The van der Waals surface area contributed by atoms with Crippen LogP contribution in [0.4, 0.5) is 0 Å². The number of aromatic nitrogens is 2. The molecule has 0 saturated carbocycles. The van der Waals surface area contributed by atoms with E-state index < -0.39 is 17.9 Å². The van der Waals surface area contributed by atoms with Gasteiger partial charge >= 0.3 is 5.97 Å². The number of nitrogens with one attached hydrogen (secondary N) is 1. The zero-order chi connectivity index (χ0) is 16.3. The molecule has 0 bridgehead atoms. The highest BCUT2D eigenvalue weighted by Crippen LogP contribution is 2.22. The molecule has 0 saturated heterocycles. The van der Waals surface area contributed by atoms with E-state index in [2.05, 4.69) is 10.4 Å². The number of aliphatic carboxylic acids is 1. The fourth-order valence-electron chi connectivity index (χ4n) is 2.18. The summed E-state index contributed by atoms with van der Waals surface area (Å²) in [6.45, 7) is 6.12. The zero-order valence-corrected chi connectivity index (χ0v) is 13.0. The maximum absolute atomic E-state index is 12.3. The first-order valence-corrected chi connectivity index (χ1v) is 7.24. The van der Waals surface area contributed by atoms with Gasteiger partial charge in [0.25, 0.3) is 5.91 Å². The van der Waals surface area contributed by atoms with Crippen LogP contribution < -0.4 is 5.32 Å². The SMILES string of the molecule is CC(C)(C)CCC(NC(=O)c1cnn2ccccc12)C(=O)O. The standard InChI is InChI=1S/C16H21N3O3/c1-16(2,3)8-7-12(15(21)22)18-14(20)11-10-17-19-9-5-4-6-13(11)19/h4-6,9-10,12H,7-8H2,1-3H3,(H,18,20)(H,21,22). The van der Waals surface area contributed by atoms with Crippen LogP contribution in [0.1, 0.15) is 44.0 Å². The Hall–Kier alpha value is -2.37. The van der Waals surface area contributed by atoms with E-state index in [0.717, 1.165) is 0 Å². The van der Waals surface area contributed by atoms with Crippen molar-refractivity contribution in [2.24, 2.45) is 5.41 Å². The first kappa shape index (κ1) is 16.0. The third kappa shape index (κ3) is 3.84. The molecule has 22 heavy (non-hydrogen) atoms. The van der Waals surface area contributed by atoms with E-state index in [1.807, 2.05) is 32.9 Å². The molecule has 1 atom stereocenters. The van der Waals surface area contributed by atoms with Crippen molar-refractivity contribution in [2.75, 3.05) is 0 Å². The van der Waals surface area contributed by atoms with Crippen molar-refractivity contribution < 1.29 is 14.7 Å². The second-order valence-electron chi connectivity index (χ2n) is 6.55. The number of carbonyl (C=O) groups excluding carboxylic acids is 1. The van der Waals surface area contributed by atoms with Crippen LogP contribution in [0.3, 0.4) is 0 Å². The van der Waals surface area contributed by atoms with Gasteiger partial charge in [-0.1, -0.05) is 26.8 Å². The monoisotopic (exact) mass is 303 g/mol. The van der Waals surface area contributed by atoms with Gasteiger partial charge in [0.05, 0.1) is 17.3 Å². The lowest BCUT2D eigenvalue weighted by Gasteiger charge is -2.21. The molecule has 0 aliphatic heterocycles. The molecule has 2 rings (SSSR count). The fraction of sp³-hybridized carbons (Fsp3) is 0.438. The van der Waals surface area contributed by atoms with Gasteiger partial charge in [0.2, 0.25) is 0 Å². The molecule has 0 fully saturated rings. The maximum Gasteiger partial charge on any atom is 0.326 e. The van der Waals surface area contributed by atoms with Gasteiger partial charge in [-0.25, -0.2) is 9.31 Å². The molecule has 0 radical (unpaired) electrons. The number of hydrogen-bond donors (Lipinski definition) is 2. The molecular formula is C16H21N3O3. The first-order valence-electron chi connectivity index (χ1n) is 7.24. The predicted octanol–water partition coefficient (Wildman–Crippen LogP) is 2.34. The van der Waals surface area contributed by atoms with Crippen molar-refractivity contribution in [1.29, 1.82) is 0 Å². The van der Waals surface area contributed by atoms with Crippen LogP contribution >= 0.6 is 0 Å². The summed E-state index contributed by atoms with van der Waals surface area (Å²) >= 11 is 0. The molecule has 2 aromatic heterocycles. The average molecular weight is 303 g/mol. The highest BCUT2D eigenvalue weighted by atomic mass is 16.4. The van der Waals surface area contributed by atoms with Gasteiger partial charge < -0.3 is 10.4 Å². The van der Waals surface area contributed by atoms with Crippen LogP contribution in [-0.2, 0) is 4.79 Å². The number of fused-ring (bicyclic) bond motifs is 1. The molecule has 2 aromatic rings. The second kappa shape index (κ2) is 6.17. The second-order valence-corrected chi connectivity index (χ2v) is 6.55. The summed E-state index contributed by atoms with van der Waals surface area (Å²) in [6.07, 6.45) is 4.29. The van der Waals surface area contributed by atoms with Gasteiger partial charge in [0.15, 0.2) is 0 Å². The number of nitrogens with zero attached hydrogens (tertiary/aromatic N) is 2. The lowest BCUT2D eigenvalue weighted by atomic mass is 9.88. The topological polar surface area (TPSA) is 83.7 Å². The zero-order valence-electron chi connectivity index (χ0n) is 13.0. The quantitative estimate of drug-likeness (QED) is 0.888. The minimum atomic E-state index is -1.02. The molecule has 6 nitrogen and oxygen atoms in total. The van der Waals surface area contributed by atoms with E-state index in [1.54, 1.807) is 16.8 Å². The Bertz CT molecular complexity index is 685. The van der Waals surface area contributed by atoms with Crippen molar-refractivity contribution in [1.82, 2.24) is 14.9 Å². The summed E-state index contributed by atoms with van der Waals surface area (Å²) < 4.78 is 1.58. The minimum Gasteiger partial charge on any atom is -0.480 e. The highest BCUT2D eigenvalue weighted by molar-refractivity contribution is 6.02. The van der Waals surface area contributed by atoms with Gasteiger partial charge in [-0.2, -0.15) is 5.10 Å². The van der Waals surface area contributed by atoms with Crippen molar-refractivity contribution in [3.05, 3.63) is 36.2 Å². The molecule has 6 heteroatoms. The first-order chi connectivity index (χ1) is 10.3. The molecule has 0 aliphatic carbocycles. The summed E-state index contributed by atoms with van der Waals surface area (Å²) in [5, 5.41) is 16.0. The number of carbonyl (C=O) groups is 2. The number of hydrogen-bond acceptors (Lipinski definition) is 3. The van der Waals surface area contributed by atoms with Crippen LogP contribution in [-0.4, -0.2) is 32.6 Å². The van der Waals surface area contributed by atoms with Crippen molar-refractivity contribution >= 4 is 17.4 Å². The van der Waals surface area contributed by atoms with E-state index >= 15 is 0 Å². The summed E-state index contributed by atoms with van der Waals surface area (Å²) in [6, 6.07) is 4.49. The lowest BCUT2D eigenvalue weighted by Crippen LogP contribution is -2.41. The van der Waals surface area contributed by atoms with Gasteiger partial charge in [-0.3, -0.25) is 4.79 Å². The summed E-state index contributed by atoms with van der Waals surface area (Å²) in [5.74, 6) is -1.43.